The molecular weight excluding hydrogens is 374 g/mol. The minimum atomic E-state index is -0.894. The van der Waals surface area contributed by atoms with Gasteiger partial charge in [0.2, 0.25) is 0 Å². The van der Waals surface area contributed by atoms with E-state index in [-0.39, 0.29) is 12.5 Å². The first kappa shape index (κ1) is 18.5. The normalized spacial score (nSPS) is 16.1. The number of nitrogens with zero attached hydrogens (tertiary/aromatic N) is 1. The minimum absolute atomic E-state index is 0.111. The highest BCUT2D eigenvalue weighted by atomic mass is 32.1. The first-order valence-electron chi connectivity index (χ1n) is 9.28. The van der Waals surface area contributed by atoms with Gasteiger partial charge in [0.15, 0.2) is 0 Å². The van der Waals surface area contributed by atoms with Crippen molar-refractivity contribution in [1.82, 2.24) is 4.98 Å². The topological polar surface area (TPSA) is 68.7 Å². The van der Waals surface area contributed by atoms with Crippen molar-refractivity contribution in [2.45, 2.75) is 32.8 Å². The molecule has 0 amide bonds. The molecule has 0 bridgehead atoms. The monoisotopic (exact) mass is 395 g/mol. The van der Waals surface area contributed by atoms with Crippen LogP contribution in [0.25, 0.3) is 21.9 Å². The van der Waals surface area contributed by atoms with Crippen LogP contribution in [-0.2, 0) is 11.2 Å². The quantitative estimate of drug-likeness (QED) is 0.634. The summed E-state index contributed by atoms with van der Waals surface area (Å²) < 4.78 is 12.7. The summed E-state index contributed by atoms with van der Waals surface area (Å²) in [7, 11) is 0. The zero-order chi connectivity index (χ0) is 19.7. The van der Waals surface area contributed by atoms with Gasteiger partial charge in [-0.2, -0.15) is 0 Å². The summed E-state index contributed by atoms with van der Waals surface area (Å²) in [4.78, 5) is 16.1. The maximum atomic E-state index is 11.5. The van der Waals surface area contributed by atoms with Crippen LogP contribution in [0, 0.1) is 0 Å². The average Bonchev–Trinajstić information content (AvgIpc) is 3.23. The molecular formula is C22H21NO4S. The number of hydrogen-bond acceptors (Lipinski definition) is 5. The lowest BCUT2D eigenvalue weighted by molar-refractivity contribution is -0.135. The van der Waals surface area contributed by atoms with Crippen molar-refractivity contribution in [3.63, 3.8) is 0 Å². The van der Waals surface area contributed by atoms with Gasteiger partial charge in [0.05, 0.1) is 23.2 Å². The Labute approximate surface area is 167 Å². The SMILES string of the molecule is CCOc1cc2c(cc1/C=C(\CC(=O)O)c1nc3ccccc3s1)O[C@@H](C)C2. The van der Waals surface area contributed by atoms with E-state index in [9.17, 15) is 9.90 Å². The van der Waals surface area contributed by atoms with Gasteiger partial charge < -0.3 is 14.6 Å². The molecule has 0 unspecified atom stereocenters. The van der Waals surface area contributed by atoms with E-state index >= 15 is 0 Å². The number of thiazole rings is 1. The van der Waals surface area contributed by atoms with E-state index in [2.05, 4.69) is 4.98 Å². The van der Waals surface area contributed by atoms with Crippen LogP contribution in [0.3, 0.4) is 0 Å². The van der Waals surface area contributed by atoms with E-state index in [1.165, 1.54) is 11.3 Å². The molecule has 0 fully saturated rings. The Kier molecular flexibility index (Phi) is 5.05. The van der Waals surface area contributed by atoms with E-state index in [1.54, 1.807) is 0 Å². The fourth-order valence-corrected chi connectivity index (χ4v) is 4.38. The summed E-state index contributed by atoms with van der Waals surface area (Å²) in [5.41, 5.74) is 3.45. The average molecular weight is 395 g/mol. The van der Waals surface area contributed by atoms with Crippen LogP contribution in [-0.4, -0.2) is 28.8 Å². The number of carbonyl (C=O) groups is 1. The number of carboxylic acids is 1. The molecule has 6 heteroatoms. The van der Waals surface area contributed by atoms with Crippen molar-refractivity contribution in [3.8, 4) is 11.5 Å². The van der Waals surface area contributed by atoms with Gasteiger partial charge >= 0.3 is 5.97 Å². The summed E-state index contributed by atoms with van der Waals surface area (Å²) in [5.74, 6) is 0.679. The maximum Gasteiger partial charge on any atom is 0.307 e. The Morgan fingerprint density at radius 2 is 2.21 bits per heavy atom. The molecule has 3 aromatic rings. The summed E-state index contributed by atoms with van der Waals surface area (Å²) in [6.45, 7) is 4.50. The number of aliphatic carboxylic acids is 1. The lowest BCUT2D eigenvalue weighted by Gasteiger charge is -2.11. The van der Waals surface area contributed by atoms with Gasteiger partial charge in [0.25, 0.3) is 0 Å². The van der Waals surface area contributed by atoms with Crippen LogP contribution in [0.2, 0.25) is 0 Å². The number of aromatic nitrogens is 1. The molecule has 144 valence electrons. The van der Waals surface area contributed by atoms with Crippen molar-refractivity contribution in [1.29, 1.82) is 0 Å². The molecule has 28 heavy (non-hydrogen) atoms. The van der Waals surface area contributed by atoms with Gasteiger partial charge in [-0.1, -0.05) is 12.1 Å². The first-order chi connectivity index (χ1) is 13.5. The summed E-state index contributed by atoms with van der Waals surface area (Å²) in [6.07, 6.45) is 2.73. The molecule has 1 N–H and O–H groups in total. The second kappa shape index (κ2) is 7.64. The number of hydrogen-bond donors (Lipinski definition) is 1. The number of rotatable bonds is 6. The van der Waals surface area contributed by atoms with Crippen molar-refractivity contribution >= 4 is 39.2 Å². The Balaban J connectivity index is 1.82. The van der Waals surface area contributed by atoms with E-state index in [1.807, 2.05) is 56.3 Å². The molecule has 1 aromatic heterocycles. The molecule has 0 saturated heterocycles. The zero-order valence-corrected chi connectivity index (χ0v) is 16.6. The molecule has 2 aromatic carbocycles. The third-order valence-electron chi connectivity index (χ3n) is 4.57. The molecule has 2 heterocycles. The highest BCUT2D eigenvalue weighted by Gasteiger charge is 2.22. The third-order valence-corrected chi connectivity index (χ3v) is 5.68. The Hall–Kier alpha value is -2.86. The van der Waals surface area contributed by atoms with E-state index in [4.69, 9.17) is 9.47 Å². The Bertz CT molecular complexity index is 1040. The van der Waals surface area contributed by atoms with Gasteiger partial charge in [-0.3, -0.25) is 4.79 Å². The lowest BCUT2D eigenvalue weighted by atomic mass is 10.0. The fourth-order valence-electron chi connectivity index (χ4n) is 3.40. The van der Waals surface area contributed by atoms with Gasteiger partial charge in [-0.05, 0) is 49.8 Å². The van der Waals surface area contributed by atoms with Crippen molar-refractivity contribution in [2.75, 3.05) is 6.61 Å². The summed E-state index contributed by atoms with van der Waals surface area (Å²) in [5, 5.41) is 10.1. The molecule has 0 spiro atoms. The van der Waals surface area contributed by atoms with Crippen LogP contribution in [0.5, 0.6) is 11.5 Å². The van der Waals surface area contributed by atoms with Crippen LogP contribution in [0.15, 0.2) is 36.4 Å². The fraction of sp³-hybridized carbons (Fsp3) is 0.273. The predicted molar refractivity (Wildman–Crippen MR) is 111 cm³/mol. The van der Waals surface area contributed by atoms with Crippen LogP contribution in [0.4, 0.5) is 0 Å². The number of para-hydroxylation sites is 1. The molecule has 0 radical (unpaired) electrons. The Morgan fingerprint density at radius 3 is 2.96 bits per heavy atom. The van der Waals surface area contributed by atoms with Gasteiger partial charge in [0, 0.05) is 17.5 Å². The van der Waals surface area contributed by atoms with Crippen LogP contribution >= 0.6 is 11.3 Å². The van der Waals surface area contributed by atoms with E-state index < -0.39 is 5.97 Å². The molecule has 1 aliphatic heterocycles. The summed E-state index contributed by atoms with van der Waals surface area (Å²) >= 11 is 1.50. The van der Waals surface area contributed by atoms with E-state index in [0.29, 0.717) is 17.2 Å². The smallest absolute Gasteiger partial charge is 0.307 e. The molecule has 4 rings (SSSR count). The number of carboxylic acid groups (broad SMARTS) is 1. The first-order valence-corrected chi connectivity index (χ1v) is 10.1. The van der Waals surface area contributed by atoms with E-state index in [0.717, 1.165) is 39.3 Å². The highest BCUT2D eigenvalue weighted by molar-refractivity contribution is 7.19. The predicted octanol–water partition coefficient (Wildman–Crippen LogP) is 5.03. The second-order valence-corrected chi connectivity index (χ2v) is 7.82. The van der Waals surface area contributed by atoms with Crippen LogP contribution < -0.4 is 9.47 Å². The second-order valence-electron chi connectivity index (χ2n) is 6.79. The molecule has 1 aliphatic rings. The molecule has 0 aliphatic carbocycles. The molecule has 0 saturated carbocycles. The van der Waals surface area contributed by atoms with Crippen molar-refractivity contribution in [3.05, 3.63) is 52.5 Å². The third kappa shape index (κ3) is 3.73. The molecule has 5 nitrogen and oxygen atoms in total. The molecule has 1 atom stereocenters. The van der Waals surface area contributed by atoms with Crippen molar-refractivity contribution < 1.29 is 19.4 Å². The van der Waals surface area contributed by atoms with Crippen LogP contribution in [0.1, 0.15) is 36.4 Å². The van der Waals surface area contributed by atoms with Crippen molar-refractivity contribution in [2.24, 2.45) is 0 Å². The number of fused-ring (bicyclic) bond motifs is 2. The lowest BCUT2D eigenvalue weighted by Crippen LogP contribution is -2.05. The standard InChI is InChI=1S/C22H21NO4S/c1-3-26-18-10-14-8-13(2)27-19(14)11-15(18)9-16(12-21(24)25)22-23-17-6-4-5-7-20(17)28-22/h4-7,9-11,13H,3,8,12H2,1-2H3,(H,24,25)/b16-9+/t13-/m0/s1. The number of benzene rings is 2. The maximum absolute atomic E-state index is 11.5. The summed E-state index contributed by atoms with van der Waals surface area (Å²) in [6, 6.07) is 11.8. The Morgan fingerprint density at radius 1 is 1.39 bits per heavy atom. The largest absolute Gasteiger partial charge is 0.493 e. The van der Waals surface area contributed by atoms with Gasteiger partial charge in [-0.25, -0.2) is 4.98 Å². The minimum Gasteiger partial charge on any atom is -0.493 e. The zero-order valence-electron chi connectivity index (χ0n) is 15.8. The highest BCUT2D eigenvalue weighted by Crippen LogP contribution is 2.38. The van der Waals surface area contributed by atoms with Gasteiger partial charge in [0.1, 0.15) is 22.6 Å². The number of ether oxygens (including phenoxy) is 2. The van der Waals surface area contributed by atoms with Gasteiger partial charge in [-0.15, -0.1) is 11.3 Å².